The van der Waals surface area contributed by atoms with E-state index in [1.165, 1.54) is 17.7 Å². The van der Waals surface area contributed by atoms with Crippen molar-refractivity contribution in [3.63, 3.8) is 0 Å². The van der Waals surface area contributed by atoms with Gasteiger partial charge in [0.1, 0.15) is 0 Å². The van der Waals surface area contributed by atoms with Crippen LogP contribution in [0.25, 0.3) is 0 Å². The van der Waals surface area contributed by atoms with E-state index in [-0.39, 0.29) is 16.6 Å². The van der Waals surface area contributed by atoms with E-state index in [2.05, 4.69) is 5.32 Å². The zero-order valence-electron chi connectivity index (χ0n) is 14.0. The molecule has 0 atom stereocenters. The van der Waals surface area contributed by atoms with E-state index >= 15 is 0 Å². The molecule has 0 unspecified atom stereocenters. The number of rotatable bonds is 9. The van der Waals surface area contributed by atoms with Gasteiger partial charge in [0.05, 0.1) is 17.3 Å². The molecule has 25 heavy (non-hydrogen) atoms. The number of hydrogen-bond acceptors (Lipinski definition) is 4. The minimum atomic E-state index is -3.43. The molecule has 0 bridgehead atoms. The van der Waals surface area contributed by atoms with Gasteiger partial charge in [-0.05, 0) is 36.1 Å². The summed E-state index contributed by atoms with van der Waals surface area (Å²) in [6, 6.07) is 16.4. The molecule has 0 aliphatic carbocycles. The molecule has 2 aromatic rings. The molecule has 2 aromatic carbocycles. The highest BCUT2D eigenvalue weighted by Gasteiger charge is 2.13. The average molecular weight is 361 g/mol. The predicted molar refractivity (Wildman–Crippen MR) is 96.8 cm³/mol. The van der Waals surface area contributed by atoms with Gasteiger partial charge >= 0.3 is 0 Å². The number of aliphatic hydroxyl groups is 1. The molecule has 0 fully saturated rings. The zero-order valence-corrected chi connectivity index (χ0v) is 14.8. The summed E-state index contributed by atoms with van der Waals surface area (Å²) in [5.74, 6) is -0.308. The van der Waals surface area contributed by atoms with Gasteiger partial charge < -0.3 is 10.4 Å². The Morgan fingerprint density at radius 3 is 2.28 bits per heavy atom. The maximum atomic E-state index is 11.9. The lowest BCUT2D eigenvalue weighted by molar-refractivity contribution is -0.121. The van der Waals surface area contributed by atoms with Crippen molar-refractivity contribution in [2.24, 2.45) is 0 Å². The molecule has 5 nitrogen and oxygen atoms in total. The average Bonchev–Trinajstić information content (AvgIpc) is 2.61. The van der Waals surface area contributed by atoms with Gasteiger partial charge in [-0.2, -0.15) is 0 Å². The van der Waals surface area contributed by atoms with E-state index in [0.29, 0.717) is 13.0 Å². The van der Waals surface area contributed by atoms with Gasteiger partial charge in [0.25, 0.3) is 0 Å². The standard InChI is InChI=1S/C19H23NO4S/c21-13-14-25(23,24)18-11-9-17(10-12-18)15-20-19(22)8-4-7-16-5-2-1-3-6-16/h1-3,5-6,9-12,21H,4,7-8,13-15H2,(H,20,22). The molecule has 0 aliphatic rings. The summed E-state index contributed by atoms with van der Waals surface area (Å²) >= 11 is 0. The lowest BCUT2D eigenvalue weighted by atomic mass is 10.1. The first-order valence-electron chi connectivity index (χ1n) is 8.24. The van der Waals surface area contributed by atoms with E-state index in [0.717, 1.165) is 18.4 Å². The highest BCUT2D eigenvalue weighted by atomic mass is 32.2. The van der Waals surface area contributed by atoms with Crippen LogP contribution >= 0.6 is 0 Å². The smallest absolute Gasteiger partial charge is 0.220 e. The van der Waals surface area contributed by atoms with Crippen molar-refractivity contribution in [1.29, 1.82) is 0 Å². The molecule has 0 saturated carbocycles. The van der Waals surface area contributed by atoms with Crippen molar-refractivity contribution in [1.82, 2.24) is 5.32 Å². The molecule has 2 rings (SSSR count). The molecule has 134 valence electrons. The molecule has 0 radical (unpaired) electrons. The van der Waals surface area contributed by atoms with Crippen LogP contribution in [0.1, 0.15) is 24.0 Å². The third-order valence-corrected chi connectivity index (χ3v) is 5.55. The van der Waals surface area contributed by atoms with Gasteiger partial charge in [-0.1, -0.05) is 42.5 Å². The fraction of sp³-hybridized carbons (Fsp3) is 0.316. The SMILES string of the molecule is O=C(CCCc1ccccc1)NCc1ccc(S(=O)(=O)CCO)cc1. The first kappa shape index (κ1) is 19.1. The van der Waals surface area contributed by atoms with Crippen LogP contribution in [0.3, 0.4) is 0 Å². The number of nitrogens with one attached hydrogen (secondary N) is 1. The van der Waals surface area contributed by atoms with E-state index in [4.69, 9.17) is 5.11 Å². The van der Waals surface area contributed by atoms with Gasteiger partial charge in [0, 0.05) is 13.0 Å². The topological polar surface area (TPSA) is 83.5 Å². The Morgan fingerprint density at radius 1 is 0.960 bits per heavy atom. The second-order valence-corrected chi connectivity index (χ2v) is 7.91. The van der Waals surface area contributed by atoms with Crippen molar-refractivity contribution in [3.05, 3.63) is 65.7 Å². The number of sulfone groups is 1. The van der Waals surface area contributed by atoms with Crippen LogP contribution in [-0.2, 0) is 27.6 Å². The third kappa shape index (κ3) is 6.32. The van der Waals surface area contributed by atoms with Crippen LogP contribution in [0, 0.1) is 0 Å². The van der Waals surface area contributed by atoms with Gasteiger partial charge in [0.2, 0.25) is 5.91 Å². The van der Waals surface area contributed by atoms with E-state index in [1.54, 1.807) is 12.1 Å². The maximum absolute atomic E-state index is 11.9. The van der Waals surface area contributed by atoms with Crippen LogP contribution in [0.2, 0.25) is 0 Å². The van der Waals surface area contributed by atoms with Crippen molar-refractivity contribution < 1.29 is 18.3 Å². The Bertz CT molecular complexity index is 771. The summed E-state index contributed by atoms with van der Waals surface area (Å²) in [6.45, 7) is -0.0341. The van der Waals surface area contributed by atoms with Crippen molar-refractivity contribution in [2.75, 3.05) is 12.4 Å². The fourth-order valence-electron chi connectivity index (χ4n) is 2.44. The summed E-state index contributed by atoms with van der Waals surface area (Å²) in [5, 5.41) is 11.6. The Kier molecular flexibility index (Phi) is 7.16. The van der Waals surface area contributed by atoms with Crippen molar-refractivity contribution in [3.8, 4) is 0 Å². The first-order valence-corrected chi connectivity index (χ1v) is 9.90. The number of hydrogen-bond donors (Lipinski definition) is 2. The van der Waals surface area contributed by atoms with Crippen molar-refractivity contribution in [2.45, 2.75) is 30.7 Å². The highest BCUT2D eigenvalue weighted by Crippen LogP contribution is 2.12. The Balaban J connectivity index is 1.76. The molecule has 0 heterocycles. The first-order chi connectivity index (χ1) is 12.0. The molecule has 0 aromatic heterocycles. The third-order valence-electron chi connectivity index (χ3n) is 3.84. The number of benzene rings is 2. The number of aliphatic hydroxyl groups excluding tert-OH is 1. The summed E-state index contributed by atoms with van der Waals surface area (Å²) in [7, 11) is -3.43. The number of amides is 1. The lowest BCUT2D eigenvalue weighted by Crippen LogP contribution is -2.22. The zero-order chi connectivity index (χ0) is 18.1. The molecule has 0 spiro atoms. The van der Waals surface area contributed by atoms with E-state index in [1.807, 2.05) is 30.3 Å². The number of carbonyl (C=O) groups excluding carboxylic acids is 1. The molecule has 1 amide bonds. The second-order valence-electron chi connectivity index (χ2n) is 5.80. The molecule has 0 saturated heterocycles. The summed E-state index contributed by atoms with van der Waals surface area (Å²) in [5.41, 5.74) is 2.05. The summed E-state index contributed by atoms with van der Waals surface area (Å²) in [6.07, 6.45) is 2.11. The lowest BCUT2D eigenvalue weighted by Gasteiger charge is -2.07. The fourth-order valence-corrected chi connectivity index (χ4v) is 3.47. The minimum absolute atomic E-state index is 0.0205. The monoisotopic (exact) mass is 361 g/mol. The number of carbonyl (C=O) groups is 1. The molecule has 2 N–H and O–H groups in total. The Labute approximate surface area is 148 Å². The van der Waals surface area contributed by atoms with Gasteiger partial charge in [-0.25, -0.2) is 8.42 Å². The normalized spacial score (nSPS) is 11.2. The summed E-state index contributed by atoms with van der Waals surface area (Å²) in [4.78, 5) is 12.1. The van der Waals surface area contributed by atoms with Gasteiger partial charge in [-0.15, -0.1) is 0 Å². The largest absolute Gasteiger partial charge is 0.395 e. The van der Waals surface area contributed by atoms with Crippen LogP contribution in [0.5, 0.6) is 0 Å². The van der Waals surface area contributed by atoms with Crippen LogP contribution in [-0.4, -0.2) is 31.8 Å². The summed E-state index contributed by atoms with van der Waals surface area (Å²) < 4.78 is 23.6. The van der Waals surface area contributed by atoms with E-state index < -0.39 is 16.4 Å². The van der Waals surface area contributed by atoms with Crippen molar-refractivity contribution >= 4 is 15.7 Å². The van der Waals surface area contributed by atoms with Gasteiger partial charge in [0.15, 0.2) is 9.84 Å². The van der Waals surface area contributed by atoms with Crippen LogP contribution in [0.15, 0.2) is 59.5 Å². The van der Waals surface area contributed by atoms with E-state index in [9.17, 15) is 13.2 Å². The second kappa shape index (κ2) is 9.34. The minimum Gasteiger partial charge on any atom is -0.395 e. The molecular formula is C19H23NO4S. The van der Waals surface area contributed by atoms with Gasteiger partial charge in [-0.3, -0.25) is 4.79 Å². The maximum Gasteiger partial charge on any atom is 0.220 e. The molecular weight excluding hydrogens is 338 g/mol. The van der Waals surface area contributed by atoms with Crippen LogP contribution in [0.4, 0.5) is 0 Å². The van der Waals surface area contributed by atoms with Crippen LogP contribution < -0.4 is 5.32 Å². The Morgan fingerprint density at radius 2 is 1.64 bits per heavy atom. The highest BCUT2D eigenvalue weighted by molar-refractivity contribution is 7.91. The molecule has 0 aliphatic heterocycles. The predicted octanol–water partition coefficient (Wildman–Crippen LogP) is 2.09. The quantitative estimate of drug-likeness (QED) is 0.716. The molecule has 6 heteroatoms. The number of aryl methyl sites for hydroxylation is 1. The Hall–Kier alpha value is -2.18.